The van der Waals surface area contributed by atoms with Crippen LogP contribution in [0.15, 0.2) is 60.0 Å². The zero-order chi connectivity index (χ0) is 19.9. The summed E-state index contributed by atoms with van der Waals surface area (Å²) in [5.41, 5.74) is 5.57. The van der Waals surface area contributed by atoms with Crippen molar-refractivity contribution in [2.24, 2.45) is 0 Å². The molecule has 1 aliphatic carbocycles. The number of nitrogens with one attached hydrogen (secondary N) is 1. The Balaban J connectivity index is 1.47. The van der Waals surface area contributed by atoms with Gasteiger partial charge in [-0.2, -0.15) is 0 Å². The zero-order valence-electron chi connectivity index (χ0n) is 15.8. The van der Waals surface area contributed by atoms with Gasteiger partial charge in [-0.15, -0.1) is 0 Å². The normalized spacial score (nSPS) is 16.6. The Morgan fingerprint density at radius 1 is 1.32 bits per heavy atom. The summed E-state index contributed by atoms with van der Waals surface area (Å²) in [4.78, 5) is 23.0. The number of fused-ring (bicyclic) bond motifs is 1. The summed E-state index contributed by atoms with van der Waals surface area (Å²) < 4.78 is 11.0. The summed E-state index contributed by atoms with van der Waals surface area (Å²) >= 11 is 0. The van der Waals surface area contributed by atoms with E-state index in [0.717, 1.165) is 11.1 Å². The molecule has 0 aromatic heterocycles. The van der Waals surface area contributed by atoms with Gasteiger partial charge >= 0.3 is 5.97 Å². The number of aliphatic carboxylic acids is 1. The third-order valence-corrected chi connectivity index (χ3v) is 4.47. The summed E-state index contributed by atoms with van der Waals surface area (Å²) in [6.45, 7) is 3.19. The number of rotatable bonds is 9. The highest BCUT2D eigenvalue weighted by Crippen LogP contribution is 2.22. The molecule has 0 radical (unpaired) electrons. The predicted molar refractivity (Wildman–Crippen MR) is 103 cm³/mol. The lowest BCUT2D eigenvalue weighted by Gasteiger charge is -2.27. The first-order valence-electron chi connectivity index (χ1n) is 9.28. The maximum Gasteiger partial charge on any atom is 0.333 e. The summed E-state index contributed by atoms with van der Waals surface area (Å²) in [6, 6.07) is 7.34. The maximum atomic E-state index is 11.8. The number of ether oxygens (including phenoxy) is 2. The van der Waals surface area contributed by atoms with Gasteiger partial charge in [-0.25, -0.2) is 4.79 Å². The van der Waals surface area contributed by atoms with Crippen LogP contribution in [-0.2, 0) is 20.7 Å². The summed E-state index contributed by atoms with van der Waals surface area (Å²) in [6.07, 6.45) is 7.37. The van der Waals surface area contributed by atoms with Gasteiger partial charge < -0.3 is 20.0 Å². The van der Waals surface area contributed by atoms with E-state index in [9.17, 15) is 9.59 Å². The number of Topliss-reactive ketones (excluding diaryl/α,β-unsaturated/α-hetero) is 1. The molecule has 7 heteroatoms. The first-order chi connectivity index (χ1) is 13.6. The van der Waals surface area contributed by atoms with Crippen LogP contribution < -0.4 is 10.2 Å². The lowest BCUT2D eigenvalue weighted by Crippen LogP contribution is -2.37. The van der Waals surface area contributed by atoms with E-state index in [1.165, 1.54) is 0 Å². The maximum absolute atomic E-state index is 11.8. The average molecular weight is 384 g/mol. The van der Waals surface area contributed by atoms with E-state index in [1.807, 2.05) is 47.6 Å². The second kappa shape index (κ2) is 9.23. The number of carboxylic acid groups (broad SMARTS) is 1. The quantitative estimate of drug-likeness (QED) is 0.675. The molecule has 1 atom stereocenters. The minimum Gasteiger partial charge on any atom is -0.492 e. The van der Waals surface area contributed by atoms with Crippen molar-refractivity contribution < 1.29 is 24.2 Å². The first-order valence-corrected chi connectivity index (χ1v) is 9.28. The van der Waals surface area contributed by atoms with Crippen LogP contribution in [0.4, 0.5) is 0 Å². The molecule has 2 aliphatic rings. The SMILES string of the molecule is CCOC(Cc1ccc(OCCN2C=C3C=CCC(=O)C3=CN2)cc1)C(=O)O. The number of carboxylic acids is 1. The molecule has 28 heavy (non-hydrogen) atoms. The third kappa shape index (κ3) is 5.01. The number of hydrazine groups is 1. The molecule has 7 nitrogen and oxygen atoms in total. The van der Waals surface area contributed by atoms with Crippen molar-refractivity contribution in [2.75, 3.05) is 19.8 Å². The molecular formula is C21H24N2O5. The van der Waals surface area contributed by atoms with E-state index in [4.69, 9.17) is 14.6 Å². The molecule has 0 spiro atoms. The highest BCUT2D eigenvalue weighted by Gasteiger charge is 2.20. The van der Waals surface area contributed by atoms with Gasteiger partial charge in [-0.1, -0.05) is 24.3 Å². The second-order valence-corrected chi connectivity index (χ2v) is 6.47. The van der Waals surface area contributed by atoms with Crippen LogP contribution in [-0.4, -0.2) is 47.7 Å². The number of hydrogen-bond acceptors (Lipinski definition) is 6. The fraction of sp³-hybridized carbons (Fsp3) is 0.333. The molecule has 0 bridgehead atoms. The predicted octanol–water partition coefficient (Wildman–Crippen LogP) is 2.21. The molecule has 3 rings (SSSR count). The fourth-order valence-electron chi connectivity index (χ4n) is 3.03. The van der Waals surface area contributed by atoms with E-state index in [1.54, 1.807) is 13.1 Å². The van der Waals surface area contributed by atoms with Gasteiger partial charge in [-0.3, -0.25) is 9.80 Å². The lowest BCUT2D eigenvalue weighted by atomic mass is 9.95. The lowest BCUT2D eigenvalue weighted by molar-refractivity contribution is -0.149. The van der Waals surface area contributed by atoms with Crippen molar-refractivity contribution in [3.8, 4) is 5.75 Å². The van der Waals surface area contributed by atoms with Crippen molar-refractivity contribution in [3.63, 3.8) is 0 Å². The summed E-state index contributed by atoms with van der Waals surface area (Å²) in [5, 5.41) is 11.0. The monoisotopic (exact) mass is 384 g/mol. The Bertz CT molecular complexity index is 811. The number of nitrogens with zero attached hydrogens (tertiary/aromatic N) is 1. The topological polar surface area (TPSA) is 88.1 Å². The van der Waals surface area contributed by atoms with E-state index in [0.29, 0.717) is 43.9 Å². The van der Waals surface area contributed by atoms with Crippen molar-refractivity contribution in [3.05, 3.63) is 65.5 Å². The highest BCUT2D eigenvalue weighted by atomic mass is 16.5. The molecule has 1 unspecified atom stereocenters. The van der Waals surface area contributed by atoms with Crippen molar-refractivity contribution >= 4 is 11.8 Å². The van der Waals surface area contributed by atoms with Gasteiger partial charge in [0.05, 0.1) is 6.54 Å². The number of carbonyl (C=O) groups excluding carboxylic acids is 1. The van der Waals surface area contributed by atoms with Gasteiger partial charge in [0.15, 0.2) is 11.9 Å². The van der Waals surface area contributed by atoms with Gasteiger partial charge in [0.2, 0.25) is 0 Å². The summed E-state index contributed by atoms with van der Waals surface area (Å²) in [5.74, 6) is -0.135. The smallest absolute Gasteiger partial charge is 0.333 e. The van der Waals surface area contributed by atoms with Gasteiger partial charge in [0, 0.05) is 43.0 Å². The van der Waals surface area contributed by atoms with E-state index < -0.39 is 12.1 Å². The average Bonchev–Trinajstić information content (AvgIpc) is 2.69. The molecule has 1 heterocycles. The Morgan fingerprint density at radius 2 is 2.11 bits per heavy atom. The number of allylic oxidation sites excluding steroid dienone is 4. The van der Waals surface area contributed by atoms with E-state index in [-0.39, 0.29) is 5.78 Å². The van der Waals surface area contributed by atoms with Crippen LogP contribution >= 0.6 is 0 Å². The highest BCUT2D eigenvalue weighted by molar-refractivity contribution is 6.02. The summed E-state index contributed by atoms with van der Waals surface area (Å²) in [7, 11) is 0. The molecule has 1 aliphatic heterocycles. The number of ketones is 1. The van der Waals surface area contributed by atoms with Gasteiger partial charge in [0.25, 0.3) is 0 Å². The number of benzene rings is 1. The van der Waals surface area contributed by atoms with E-state index >= 15 is 0 Å². The Morgan fingerprint density at radius 3 is 2.82 bits per heavy atom. The molecule has 2 N–H and O–H groups in total. The first kappa shape index (κ1) is 19.7. The molecule has 148 valence electrons. The van der Waals surface area contributed by atoms with Crippen LogP contribution in [0.5, 0.6) is 5.75 Å². The minimum atomic E-state index is -0.961. The fourth-order valence-corrected chi connectivity index (χ4v) is 3.03. The van der Waals surface area contributed by atoms with Crippen LogP contribution in [0.25, 0.3) is 0 Å². The van der Waals surface area contributed by atoms with Crippen LogP contribution in [0.2, 0.25) is 0 Å². The third-order valence-electron chi connectivity index (χ3n) is 4.47. The van der Waals surface area contributed by atoms with Crippen molar-refractivity contribution in [1.82, 2.24) is 10.4 Å². The minimum absolute atomic E-state index is 0.117. The van der Waals surface area contributed by atoms with Crippen molar-refractivity contribution in [1.29, 1.82) is 0 Å². The van der Waals surface area contributed by atoms with Gasteiger partial charge in [0.1, 0.15) is 12.4 Å². The van der Waals surface area contributed by atoms with Crippen LogP contribution in [0.3, 0.4) is 0 Å². The molecule has 0 saturated heterocycles. The van der Waals surface area contributed by atoms with E-state index in [2.05, 4.69) is 5.43 Å². The van der Waals surface area contributed by atoms with Gasteiger partial charge in [-0.05, 0) is 24.6 Å². The Labute approximate surface area is 163 Å². The van der Waals surface area contributed by atoms with Crippen LogP contribution in [0.1, 0.15) is 18.9 Å². The molecular weight excluding hydrogens is 360 g/mol. The second-order valence-electron chi connectivity index (χ2n) is 6.47. The number of carbonyl (C=O) groups is 2. The molecule has 1 aromatic carbocycles. The molecule has 1 aromatic rings. The molecule has 0 saturated carbocycles. The molecule has 0 fully saturated rings. The van der Waals surface area contributed by atoms with Crippen LogP contribution in [0, 0.1) is 0 Å². The zero-order valence-corrected chi connectivity index (χ0v) is 15.8. The Hall–Kier alpha value is -3.06. The van der Waals surface area contributed by atoms with Crippen molar-refractivity contribution in [2.45, 2.75) is 25.9 Å². The standard InChI is InChI=1S/C21H24N2O5/c1-2-27-20(21(25)26)12-15-6-8-17(9-7-15)28-11-10-23-14-16-4-3-5-19(24)18(16)13-22-23/h3-4,6-9,13-14,20,22H,2,5,10-12H2,1H3,(H,25,26). The number of hydrogen-bond donors (Lipinski definition) is 2. The Kier molecular flexibility index (Phi) is 6.49. The largest absolute Gasteiger partial charge is 0.492 e. The molecule has 0 amide bonds.